The van der Waals surface area contributed by atoms with E-state index in [-0.39, 0.29) is 0 Å². The Morgan fingerprint density at radius 1 is 0.250 bits per heavy atom. The fraction of sp³-hybridized carbons (Fsp3) is 0. The Labute approximate surface area is 305 Å². The van der Waals surface area contributed by atoms with Crippen molar-refractivity contribution in [2.45, 2.75) is 0 Å². The molecule has 0 atom stereocenters. The van der Waals surface area contributed by atoms with Crippen LogP contribution in [-0.2, 0) is 0 Å². The fourth-order valence-corrected chi connectivity index (χ4v) is 7.42. The third kappa shape index (κ3) is 5.77. The highest BCUT2D eigenvalue weighted by atomic mass is 15.2. The Morgan fingerprint density at radius 3 is 1.02 bits per heavy atom. The van der Waals surface area contributed by atoms with Gasteiger partial charge in [-0.15, -0.1) is 0 Å². The maximum absolute atomic E-state index is 2.44. The van der Waals surface area contributed by atoms with Gasteiger partial charge in [-0.1, -0.05) is 170 Å². The normalized spacial score (nSPS) is 11.1. The standard InChI is InChI=1S/C50H36N2/c1-5-19-39(20-6-1)45-35-46(40-21-7-2-8-22-40)50(52(42-29-11-4-12-30-42)48-34-18-26-38-24-14-16-32-44(38)48)36-49(45)51(41-27-9-3-10-28-41)47-33-17-25-37-23-13-15-31-43(37)47/h1-36H. The molecule has 9 aromatic rings. The van der Waals surface area contributed by atoms with Crippen molar-refractivity contribution in [1.82, 2.24) is 0 Å². The highest BCUT2D eigenvalue weighted by Crippen LogP contribution is 2.51. The largest absolute Gasteiger partial charge is 0.309 e. The SMILES string of the molecule is c1ccc(-c2cc(-c3ccccc3)c(N(c3ccccc3)c3cccc4ccccc34)cc2N(c2ccccc2)c2cccc3ccccc23)cc1. The van der Waals surface area contributed by atoms with Crippen molar-refractivity contribution in [3.8, 4) is 22.3 Å². The van der Waals surface area contributed by atoms with E-state index in [0.717, 1.165) is 56.4 Å². The number of anilines is 6. The van der Waals surface area contributed by atoms with Crippen molar-refractivity contribution in [3.05, 3.63) is 218 Å². The van der Waals surface area contributed by atoms with Gasteiger partial charge in [0.05, 0.1) is 22.7 Å². The average Bonchev–Trinajstić information content (AvgIpc) is 3.23. The van der Waals surface area contributed by atoms with Gasteiger partial charge in [-0.2, -0.15) is 0 Å². The number of nitrogens with zero attached hydrogens (tertiary/aromatic N) is 2. The van der Waals surface area contributed by atoms with Crippen LogP contribution in [0.3, 0.4) is 0 Å². The van der Waals surface area contributed by atoms with E-state index in [2.05, 4.69) is 228 Å². The molecule has 2 nitrogen and oxygen atoms in total. The molecular formula is C50H36N2. The zero-order valence-electron chi connectivity index (χ0n) is 28.7. The summed E-state index contributed by atoms with van der Waals surface area (Å²) in [6.45, 7) is 0. The molecule has 0 saturated carbocycles. The van der Waals surface area contributed by atoms with Crippen LogP contribution in [0.4, 0.5) is 34.1 Å². The smallest absolute Gasteiger partial charge is 0.0561 e. The van der Waals surface area contributed by atoms with Crippen LogP contribution in [-0.4, -0.2) is 0 Å². The number of fused-ring (bicyclic) bond motifs is 2. The predicted molar refractivity (Wildman–Crippen MR) is 222 cm³/mol. The summed E-state index contributed by atoms with van der Waals surface area (Å²) in [5, 5.41) is 4.78. The minimum atomic E-state index is 1.09. The Balaban J connectivity index is 1.43. The Hall–Kier alpha value is -6.90. The number of hydrogen-bond acceptors (Lipinski definition) is 2. The highest BCUT2D eigenvalue weighted by Gasteiger charge is 2.26. The fourth-order valence-electron chi connectivity index (χ4n) is 7.42. The van der Waals surface area contributed by atoms with Crippen LogP contribution in [0.25, 0.3) is 43.8 Å². The van der Waals surface area contributed by atoms with E-state index < -0.39 is 0 Å². The maximum Gasteiger partial charge on any atom is 0.0561 e. The van der Waals surface area contributed by atoms with E-state index in [4.69, 9.17) is 0 Å². The minimum absolute atomic E-state index is 1.09. The molecule has 0 aliphatic heterocycles. The lowest BCUT2D eigenvalue weighted by molar-refractivity contribution is 1.26. The summed E-state index contributed by atoms with van der Waals surface area (Å²) in [5.74, 6) is 0. The van der Waals surface area contributed by atoms with Gasteiger partial charge in [0.25, 0.3) is 0 Å². The summed E-state index contributed by atoms with van der Waals surface area (Å²) < 4.78 is 0. The van der Waals surface area contributed by atoms with Gasteiger partial charge in [0.15, 0.2) is 0 Å². The first-order chi connectivity index (χ1) is 25.8. The summed E-state index contributed by atoms with van der Waals surface area (Å²) >= 11 is 0. The van der Waals surface area contributed by atoms with Gasteiger partial charge in [0, 0.05) is 33.3 Å². The lowest BCUT2D eigenvalue weighted by atomic mass is 9.93. The molecule has 0 unspecified atom stereocenters. The second-order valence-electron chi connectivity index (χ2n) is 13.0. The molecule has 0 heterocycles. The summed E-state index contributed by atoms with van der Waals surface area (Å²) in [7, 11) is 0. The van der Waals surface area contributed by atoms with Crippen LogP contribution in [0.2, 0.25) is 0 Å². The topological polar surface area (TPSA) is 6.48 Å². The van der Waals surface area contributed by atoms with Crippen molar-refractivity contribution < 1.29 is 0 Å². The number of hydrogen-bond donors (Lipinski definition) is 0. The first kappa shape index (κ1) is 31.1. The molecule has 0 aromatic heterocycles. The maximum atomic E-state index is 2.44. The molecule has 0 N–H and O–H groups in total. The summed E-state index contributed by atoms with van der Waals surface area (Å²) in [6, 6.07) is 78.5. The zero-order valence-corrected chi connectivity index (χ0v) is 28.7. The van der Waals surface area contributed by atoms with Gasteiger partial charge in [-0.05, 0) is 70.4 Å². The number of benzene rings is 9. The van der Waals surface area contributed by atoms with E-state index in [1.807, 2.05) is 0 Å². The molecule has 2 heteroatoms. The Bertz CT molecular complexity index is 2430. The molecule has 246 valence electrons. The van der Waals surface area contributed by atoms with Gasteiger partial charge in [-0.25, -0.2) is 0 Å². The van der Waals surface area contributed by atoms with Crippen LogP contribution in [0.15, 0.2) is 218 Å². The van der Waals surface area contributed by atoms with E-state index in [1.165, 1.54) is 21.5 Å². The van der Waals surface area contributed by atoms with Gasteiger partial charge >= 0.3 is 0 Å². The lowest BCUT2D eigenvalue weighted by Crippen LogP contribution is -2.15. The quantitative estimate of drug-likeness (QED) is 0.159. The minimum Gasteiger partial charge on any atom is -0.309 e. The molecule has 9 aromatic carbocycles. The molecule has 0 amide bonds. The molecule has 0 spiro atoms. The lowest BCUT2D eigenvalue weighted by Gasteiger charge is -2.34. The molecule has 0 radical (unpaired) electrons. The van der Waals surface area contributed by atoms with Crippen LogP contribution in [0.5, 0.6) is 0 Å². The molecule has 9 rings (SSSR count). The number of para-hydroxylation sites is 2. The van der Waals surface area contributed by atoms with Gasteiger partial charge in [-0.3, -0.25) is 0 Å². The third-order valence-corrected chi connectivity index (χ3v) is 9.81. The second kappa shape index (κ2) is 13.8. The first-order valence-electron chi connectivity index (χ1n) is 17.8. The Morgan fingerprint density at radius 2 is 0.596 bits per heavy atom. The van der Waals surface area contributed by atoms with Crippen molar-refractivity contribution in [3.63, 3.8) is 0 Å². The summed E-state index contributed by atoms with van der Waals surface area (Å²) in [4.78, 5) is 4.88. The molecule has 0 aliphatic carbocycles. The van der Waals surface area contributed by atoms with E-state index in [1.54, 1.807) is 0 Å². The van der Waals surface area contributed by atoms with E-state index >= 15 is 0 Å². The monoisotopic (exact) mass is 664 g/mol. The van der Waals surface area contributed by atoms with Crippen LogP contribution in [0.1, 0.15) is 0 Å². The zero-order chi connectivity index (χ0) is 34.7. The number of rotatable bonds is 8. The van der Waals surface area contributed by atoms with Crippen molar-refractivity contribution in [2.75, 3.05) is 9.80 Å². The van der Waals surface area contributed by atoms with Crippen LogP contribution < -0.4 is 9.80 Å². The molecule has 52 heavy (non-hydrogen) atoms. The van der Waals surface area contributed by atoms with E-state index in [9.17, 15) is 0 Å². The summed E-state index contributed by atoms with van der Waals surface area (Å²) in [6.07, 6.45) is 0. The second-order valence-corrected chi connectivity index (χ2v) is 13.0. The molecule has 0 fully saturated rings. The third-order valence-electron chi connectivity index (χ3n) is 9.81. The Kier molecular flexibility index (Phi) is 8.24. The van der Waals surface area contributed by atoms with E-state index in [0.29, 0.717) is 0 Å². The molecule has 0 saturated heterocycles. The van der Waals surface area contributed by atoms with Crippen LogP contribution >= 0.6 is 0 Å². The first-order valence-corrected chi connectivity index (χ1v) is 17.8. The van der Waals surface area contributed by atoms with Crippen molar-refractivity contribution in [2.24, 2.45) is 0 Å². The summed E-state index contributed by atoms with van der Waals surface area (Å²) in [5.41, 5.74) is 11.2. The molecule has 0 aliphatic rings. The van der Waals surface area contributed by atoms with Crippen molar-refractivity contribution >= 4 is 55.7 Å². The van der Waals surface area contributed by atoms with Gasteiger partial charge < -0.3 is 9.80 Å². The van der Waals surface area contributed by atoms with Crippen molar-refractivity contribution in [1.29, 1.82) is 0 Å². The van der Waals surface area contributed by atoms with Gasteiger partial charge in [0.1, 0.15) is 0 Å². The van der Waals surface area contributed by atoms with Gasteiger partial charge in [0.2, 0.25) is 0 Å². The predicted octanol–water partition coefficient (Wildman–Crippen LogP) is 14.3. The molecular weight excluding hydrogens is 629 g/mol. The molecule has 0 bridgehead atoms. The highest BCUT2D eigenvalue weighted by molar-refractivity contribution is 6.06. The average molecular weight is 665 g/mol. The van der Waals surface area contributed by atoms with Crippen LogP contribution in [0, 0.1) is 0 Å².